The molecule has 0 aliphatic carbocycles. The van der Waals surface area contributed by atoms with Crippen LogP contribution < -0.4 is 54.0 Å². The van der Waals surface area contributed by atoms with Crippen molar-refractivity contribution < 1.29 is 52.3 Å². The summed E-state index contributed by atoms with van der Waals surface area (Å²) in [5.74, 6) is -1.65. The summed E-state index contributed by atoms with van der Waals surface area (Å²) in [6.07, 6.45) is 7.17. The number of benzene rings is 6. The molecular formula is C96H106BClN18O14. The number of ether oxygens (including phenoxy) is 3. The number of fused-ring (bicyclic) bond motifs is 6. The van der Waals surface area contributed by atoms with Crippen molar-refractivity contribution in [1.82, 2.24) is 73.4 Å². The molecule has 16 rings (SSSR count). The summed E-state index contributed by atoms with van der Waals surface area (Å²) < 4.78 is 37.7. The molecule has 674 valence electrons. The van der Waals surface area contributed by atoms with Crippen LogP contribution in [0.2, 0.25) is 5.02 Å². The van der Waals surface area contributed by atoms with Crippen LogP contribution in [0, 0.1) is 0 Å². The molecule has 1 aliphatic rings. The van der Waals surface area contributed by atoms with Crippen molar-refractivity contribution >= 4 is 127 Å². The maximum atomic E-state index is 14.6. The molecule has 0 saturated carbocycles. The van der Waals surface area contributed by atoms with Crippen LogP contribution in [0.5, 0.6) is 0 Å². The lowest BCUT2D eigenvalue weighted by Gasteiger charge is -2.32. The minimum absolute atomic E-state index is 0. The quantitative estimate of drug-likeness (QED) is 0.0386. The fourth-order valence-corrected chi connectivity index (χ4v) is 14.7. The van der Waals surface area contributed by atoms with Gasteiger partial charge in [-0.2, -0.15) is 0 Å². The highest BCUT2D eigenvalue weighted by Crippen LogP contribution is 2.38. The molecule has 15 aromatic rings. The second-order valence-corrected chi connectivity index (χ2v) is 34.5. The fourth-order valence-electron chi connectivity index (χ4n) is 14.5. The number of carbonyl (C=O) groups is 6. The van der Waals surface area contributed by atoms with Crippen LogP contribution in [-0.4, -0.2) is 129 Å². The van der Waals surface area contributed by atoms with Gasteiger partial charge in [-0.25, -0.2) is 42.9 Å². The second kappa shape index (κ2) is 38.5. The van der Waals surface area contributed by atoms with Gasteiger partial charge < -0.3 is 39.5 Å². The third kappa shape index (κ3) is 20.6. The molecule has 1 aliphatic heterocycles. The Labute approximate surface area is 755 Å². The fraction of sp³-hybridized carbons (Fsp3) is 0.281. The van der Waals surface area contributed by atoms with Gasteiger partial charge in [0, 0.05) is 82.1 Å². The van der Waals surface area contributed by atoms with Crippen LogP contribution in [-0.2, 0) is 23.5 Å². The Morgan fingerprint density at radius 1 is 0.400 bits per heavy atom. The molecule has 10 heterocycles. The van der Waals surface area contributed by atoms with Gasteiger partial charge in [-0.15, -0.1) is 15.3 Å². The minimum Gasteiger partial charge on any atom is -0.444 e. The molecular weight excluding hydrogens is 1680 g/mol. The summed E-state index contributed by atoms with van der Waals surface area (Å²) in [6, 6.07) is 54.4. The first kappa shape index (κ1) is 95.9. The van der Waals surface area contributed by atoms with E-state index in [1.54, 1.807) is 165 Å². The first-order chi connectivity index (χ1) is 60.2. The number of para-hydroxylation sites is 3. The lowest BCUT2D eigenvalue weighted by Crippen LogP contribution is -2.41. The Kier molecular flexibility index (Phi) is 28.4. The van der Waals surface area contributed by atoms with Crippen LogP contribution in [0.1, 0.15) is 199 Å². The standard InChI is InChI=1S/C35H39BN6O6.C29H27ClN6O4.C29H28N6O4.3CH4/c1-21(38-30(43)27-28(39-32(45)46-33(2,3)4)40-41-19-13-18-37-29(27)41)25-20-22-14-12-17-24(36-47-34(5,6)35(7,8)48-36)26(22)31(44)42(25)23-15-10-9-11-16-23;1-17(21-16-18-10-8-13-20(30)22(18)27(38)36(21)19-11-6-5-7-12-19)32-26(37)23-24(33-28(39)40-29(2,3)4)34-35-15-9-14-31-25(23)35;1-18(22-17-19-11-8-9-14-21(19)27(37)35(22)20-12-6-5-7-13-20)31-26(36)23-24(32-28(38)39-29(2,3)4)33-34-16-10-15-30-25(23)34;;;/h9-21H,1-8H3,(H,38,43)(H,39,40,45);5-17H,1-4H3,(H,32,37)(H,33,34,39);5-18H,1-4H3,(H,31,36)(H,32,33,38);3*1H4/t21-;17-;18-;;;/m000.../s1. The van der Waals surface area contributed by atoms with Crippen molar-refractivity contribution in [2.24, 2.45) is 0 Å². The predicted molar refractivity (Wildman–Crippen MR) is 506 cm³/mol. The number of rotatable bonds is 16. The van der Waals surface area contributed by atoms with Crippen molar-refractivity contribution in [3.63, 3.8) is 0 Å². The number of pyridine rings is 3. The molecule has 1 saturated heterocycles. The van der Waals surface area contributed by atoms with Gasteiger partial charge in [0.1, 0.15) is 33.5 Å². The van der Waals surface area contributed by atoms with Gasteiger partial charge in [0.15, 0.2) is 34.4 Å². The van der Waals surface area contributed by atoms with Crippen molar-refractivity contribution in [3.8, 4) is 17.1 Å². The van der Waals surface area contributed by atoms with E-state index in [9.17, 15) is 43.2 Å². The highest BCUT2D eigenvalue weighted by molar-refractivity contribution is 6.65. The van der Waals surface area contributed by atoms with E-state index in [1.807, 2.05) is 161 Å². The average Bonchev–Trinajstić information content (AvgIpc) is 1.52. The SMILES string of the molecule is C.C.C.C[C@H](NC(=O)c1c(NC(=O)OC(C)(C)C)nn2cccnc12)c1cc2cccc(B3OC(C)(C)C(C)(C)O3)c2c(=O)n1-c1ccccc1.C[C@H](NC(=O)c1c(NC(=O)OC(C)(C)C)nn2cccnc12)c1cc2cccc(Cl)c2c(=O)n1-c1ccccc1.C[C@H](NC(=O)c1c(NC(=O)OC(C)(C)C)nn2cccnc12)c1cc2ccccc2c(=O)n1-c1ccccc1. The highest BCUT2D eigenvalue weighted by atomic mass is 35.5. The first-order valence-electron chi connectivity index (χ1n) is 40.8. The summed E-state index contributed by atoms with van der Waals surface area (Å²) in [5, 5.41) is 33.5. The van der Waals surface area contributed by atoms with Crippen LogP contribution in [0.15, 0.2) is 240 Å². The van der Waals surface area contributed by atoms with Crippen molar-refractivity contribution in [2.45, 2.75) is 179 Å². The molecule has 6 amide bonds. The van der Waals surface area contributed by atoms with E-state index >= 15 is 0 Å². The number of nitrogens with one attached hydrogen (secondary N) is 6. The third-order valence-corrected chi connectivity index (χ3v) is 21.1. The van der Waals surface area contributed by atoms with Crippen LogP contribution in [0.4, 0.5) is 31.8 Å². The number of aromatic nitrogens is 12. The van der Waals surface area contributed by atoms with Crippen molar-refractivity contribution in [2.75, 3.05) is 16.0 Å². The molecule has 0 spiro atoms. The first-order valence-corrected chi connectivity index (χ1v) is 41.2. The van der Waals surface area contributed by atoms with E-state index in [4.69, 9.17) is 35.1 Å². The third-order valence-electron chi connectivity index (χ3n) is 20.7. The summed E-state index contributed by atoms with van der Waals surface area (Å²) in [4.78, 5) is 134. The van der Waals surface area contributed by atoms with E-state index < -0.39 is 89.3 Å². The number of hydrogen-bond acceptors (Lipinski definition) is 20. The maximum absolute atomic E-state index is 14.6. The van der Waals surface area contributed by atoms with Gasteiger partial charge in [0.2, 0.25) is 0 Å². The highest BCUT2D eigenvalue weighted by Gasteiger charge is 2.52. The number of amides is 6. The van der Waals surface area contributed by atoms with Gasteiger partial charge in [-0.1, -0.05) is 137 Å². The Hall–Kier alpha value is -14.7. The van der Waals surface area contributed by atoms with Crippen molar-refractivity contribution in [1.29, 1.82) is 0 Å². The summed E-state index contributed by atoms with van der Waals surface area (Å²) in [7, 11) is -0.752. The van der Waals surface area contributed by atoms with E-state index in [0.717, 1.165) is 5.39 Å². The molecule has 1 fully saturated rings. The van der Waals surface area contributed by atoms with Gasteiger partial charge in [0.25, 0.3) is 34.4 Å². The van der Waals surface area contributed by atoms with E-state index in [0.29, 0.717) is 71.6 Å². The Morgan fingerprint density at radius 3 is 1.07 bits per heavy atom. The maximum Gasteiger partial charge on any atom is 0.495 e. The smallest absolute Gasteiger partial charge is 0.444 e. The number of carbonyl (C=O) groups excluding carboxylic acids is 6. The van der Waals surface area contributed by atoms with E-state index in [-0.39, 0.29) is 90.0 Å². The molecule has 6 N–H and O–H groups in total. The molecule has 32 nitrogen and oxygen atoms in total. The van der Waals surface area contributed by atoms with Crippen LogP contribution >= 0.6 is 11.6 Å². The average molecular weight is 1780 g/mol. The lowest BCUT2D eigenvalue weighted by atomic mass is 9.76. The van der Waals surface area contributed by atoms with Crippen molar-refractivity contribution in [3.05, 3.63) is 295 Å². The van der Waals surface area contributed by atoms with Gasteiger partial charge in [-0.3, -0.25) is 58.4 Å². The second-order valence-electron chi connectivity index (χ2n) is 34.1. The number of nitrogens with zero attached hydrogens (tertiary/aromatic N) is 12. The molecule has 0 bridgehead atoms. The van der Waals surface area contributed by atoms with Gasteiger partial charge in [-0.05, 0) is 217 Å². The van der Waals surface area contributed by atoms with Gasteiger partial charge in [0.05, 0.1) is 39.7 Å². The van der Waals surface area contributed by atoms with E-state index in [2.05, 4.69) is 62.1 Å². The monoisotopic (exact) mass is 1780 g/mol. The number of halogens is 1. The zero-order valence-electron chi connectivity index (χ0n) is 72.6. The topological polar surface area (TPSA) is 377 Å². The Balaban J connectivity index is 0.000000188. The Morgan fingerprint density at radius 2 is 0.708 bits per heavy atom. The van der Waals surface area contributed by atoms with Crippen LogP contribution in [0.25, 0.3) is 66.3 Å². The molecule has 0 radical (unpaired) electrons. The largest absolute Gasteiger partial charge is 0.495 e. The van der Waals surface area contributed by atoms with Crippen LogP contribution in [0.3, 0.4) is 0 Å². The summed E-state index contributed by atoms with van der Waals surface area (Å²) in [6.45, 7) is 28.8. The zero-order chi connectivity index (χ0) is 90.9. The van der Waals surface area contributed by atoms with Gasteiger partial charge >= 0.3 is 25.4 Å². The van der Waals surface area contributed by atoms with E-state index in [1.165, 1.54) is 36.7 Å². The number of anilines is 3. The molecule has 3 atom stereocenters. The molecule has 9 aromatic heterocycles. The molecule has 6 aromatic carbocycles. The minimum atomic E-state index is -0.766. The zero-order valence-corrected chi connectivity index (χ0v) is 73.4. The molecule has 34 heteroatoms. The predicted octanol–water partition coefficient (Wildman–Crippen LogP) is 17.5. The normalized spacial score (nSPS) is 13.5. The summed E-state index contributed by atoms with van der Waals surface area (Å²) in [5.41, 5.74) is 0.853. The molecule has 130 heavy (non-hydrogen) atoms. The molecule has 0 unspecified atom stereocenters. The summed E-state index contributed by atoms with van der Waals surface area (Å²) >= 11 is 6.42. The Bertz CT molecular complexity index is 6960. The lowest BCUT2D eigenvalue weighted by molar-refractivity contribution is 0.00578. The number of hydrogen-bond donors (Lipinski definition) is 6.